The number of rotatable bonds is 7. The molecule has 0 spiro atoms. The van der Waals surface area contributed by atoms with Crippen LogP contribution in [0, 0.1) is 0 Å². The van der Waals surface area contributed by atoms with Gasteiger partial charge in [0.2, 0.25) is 10.0 Å². The molecule has 2 aromatic carbocycles. The number of carbonyl (C=O) groups excluding carboxylic acids is 2. The zero-order valence-corrected chi connectivity index (χ0v) is 19.2. The maximum atomic E-state index is 12.8. The van der Waals surface area contributed by atoms with Crippen LogP contribution in [0.15, 0.2) is 47.4 Å². The van der Waals surface area contributed by atoms with Gasteiger partial charge in [-0.1, -0.05) is 17.7 Å². The molecule has 1 aliphatic heterocycles. The first-order valence-electron chi connectivity index (χ1n) is 9.69. The Balaban J connectivity index is 1.57. The molecule has 9 nitrogen and oxygen atoms in total. The first-order chi connectivity index (χ1) is 15.3. The summed E-state index contributed by atoms with van der Waals surface area (Å²) in [6.45, 7) is 0.141. The van der Waals surface area contributed by atoms with E-state index < -0.39 is 28.5 Å². The van der Waals surface area contributed by atoms with Crippen LogP contribution in [0.25, 0.3) is 0 Å². The van der Waals surface area contributed by atoms with E-state index in [1.54, 1.807) is 18.2 Å². The summed E-state index contributed by atoms with van der Waals surface area (Å²) >= 11 is 5.82. The lowest BCUT2D eigenvalue weighted by Gasteiger charge is -2.33. The average Bonchev–Trinajstić information content (AvgIpc) is 2.82. The molecule has 0 radical (unpaired) electrons. The van der Waals surface area contributed by atoms with Crippen LogP contribution in [-0.2, 0) is 19.6 Å². The number of hydrogen-bond donors (Lipinski definition) is 0. The number of halogens is 1. The molecule has 1 heterocycles. The molecule has 0 aromatic heterocycles. The molecule has 0 bridgehead atoms. The number of hydrogen-bond acceptors (Lipinski definition) is 7. The molecule has 0 unspecified atom stereocenters. The third-order valence-corrected chi connectivity index (χ3v) is 7.17. The summed E-state index contributed by atoms with van der Waals surface area (Å²) in [4.78, 5) is 26.6. The number of benzene rings is 2. The van der Waals surface area contributed by atoms with Crippen LogP contribution in [0.1, 0.15) is 10.4 Å². The lowest BCUT2D eigenvalue weighted by molar-refractivity contribution is -0.135. The lowest BCUT2D eigenvalue weighted by Crippen LogP contribution is -2.51. The predicted octanol–water partition coefficient (Wildman–Crippen LogP) is 2.05. The summed E-state index contributed by atoms with van der Waals surface area (Å²) in [5, 5.41) is 0.444. The molecular formula is C21H23ClN2O7S. The first-order valence-corrected chi connectivity index (χ1v) is 11.5. The predicted molar refractivity (Wildman–Crippen MR) is 117 cm³/mol. The fourth-order valence-electron chi connectivity index (χ4n) is 3.28. The number of ether oxygens (including phenoxy) is 3. The van der Waals surface area contributed by atoms with Crippen LogP contribution in [0.5, 0.6) is 11.5 Å². The van der Waals surface area contributed by atoms with Gasteiger partial charge < -0.3 is 19.1 Å². The van der Waals surface area contributed by atoms with Crippen LogP contribution < -0.4 is 9.47 Å². The Morgan fingerprint density at radius 2 is 1.50 bits per heavy atom. The first kappa shape index (κ1) is 23.8. The summed E-state index contributed by atoms with van der Waals surface area (Å²) in [6, 6.07) is 10.7. The number of sulfonamides is 1. The van der Waals surface area contributed by atoms with Crippen LogP contribution in [0.4, 0.5) is 0 Å². The second-order valence-corrected chi connectivity index (χ2v) is 9.23. The van der Waals surface area contributed by atoms with Crippen molar-refractivity contribution in [2.75, 3.05) is 47.0 Å². The van der Waals surface area contributed by atoms with Crippen LogP contribution in [0.3, 0.4) is 0 Å². The number of methoxy groups -OCH3 is 2. The summed E-state index contributed by atoms with van der Waals surface area (Å²) in [7, 11) is -0.860. The molecule has 0 N–H and O–H groups in total. The molecule has 1 saturated heterocycles. The van der Waals surface area contributed by atoms with E-state index in [9.17, 15) is 18.0 Å². The summed E-state index contributed by atoms with van der Waals surface area (Å²) in [5.41, 5.74) is 0.0872. The molecule has 1 aliphatic rings. The topological polar surface area (TPSA) is 102 Å². The standard InChI is InChI=1S/C21H23ClN2O7S/c1-29-17-4-3-5-18(30-2)20(17)21(26)31-14-19(25)23-10-12-24(13-11-23)32(27,28)16-8-6-15(22)7-9-16/h3-9H,10-14H2,1-2H3. The molecule has 0 atom stereocenters. The molecule has 11 heteroatoms. The quantitative estimate of drug-likeness (QED) is 0.556. The van der Waals surface area contributed by atoms with E-state index in [0.29, 0.717) is 5.02 Å². The van der Waals surface area contributed by atoms with Gasteiger partial charge in [0.25, 0.3) is 5.91 Å². The SMILES string of the molecule is COc1cccc(OC)c1C(=O)OCC(=O)N1CCN(S(=O)(=O)c2ccc(Cl)cc2)CC1. The third-order valence-electron chi connectivity index (χ3n) is 5.00. The Hall–Kier alpha value is -2.82. The Morgan fingerprint density at radius 1 is 0.938 bits per heavy atom. The molecule has 0 saturated carbocycles. The number of amides is 1. The molecule has 1 fully saturated rings. The highest BCUT2D eigenvalue weighted by molar-refractivity contribution is 7.89. The van der Waals surface area contributed by atoms with E-state index in [1.807, 2.05) is 0 Å². The zero-order chi connectivity index (χ0) is 23.3. The van der Waals surface area contributed by atoms with Gasteiger partial charge in [-0.3, -0.25) is 4.79 Å². The number of nitrogens with zero attached hydrogens (tertiary/aromatic N) is 2. The van der Waals surface area contributed by atoms with Crippen molar-refractivity contribution in [3.63, 3.8) is 0 Å². The van der Waals surface area contributed by atoms with Crippen molar-refractivity contribution in [2.24, 2.45) is 0 Å². The molecule has 3 rings (SSSR count). The van der Waals surface area contributed by atoms with Crippen molar-refractivity contribution in [2.45, 2.75) is 4.90 Å². The molecule has 0 aliphatic carbocycles. The Morgan fingerprint density at radius 3 is 2.03 bits per heavy atom. The van der Waals surface area contributed by atoms with Crippen LogP contribution in [0.2, 0.25) is 5.02 Å². The Kier molecular flexibility index (Phi) is 7.60. The third kappa shape index (κ3) is 5.14. The van der Waals surface area contributed by atoms with Gasteiger partial charge in [-0.05, 0) is 36.4 Å². The largest absolute Gasteiger partial charge is 0.496 e. The molecule has 2 aromatic rings. The second kappa shape index (κ2) is 10.2. The average molecular weight is 483 g/mol. The van der Waals surface area contributed by atoms with Gasteiger partial charge in [-0.2, -0.15) is 4.31 Å². The van der Waals surface area contributed by atoms with E-state index in [1.165, 1.54) is 47.7 Å². The van der Waals surface area contributed by atoms with Gasteiger partial charge in [0.15, 0.2) is 6.61 Å². The van der Waals surface area contributed by atoms with Crippen LogP contribution in [-0.4, -0.2) is 76.5 Å². The minimum Gasteiger partial charge on any atom is -0.496 e. The highest BCUT2D eigenvalue weighted by Crippen LogP contribution is 2.29. The zero-order valence-electron chi connectivity index (χ0n) is 17.6. The number of carbonyl (C=O) groups is 2. The highest BCUT2D eigenvalue weighted by atomic mass is 35.5. The lowest BCUT2D eigenvalue weighted by atomic mass is 10.2. The maximum absolute atomic E-state index is 12.8. The van der Waals surface area contributed by atoms with Gasteiger partial charge in [0, 0.05) is 31.2 Å². The Bertz CT molecular complexity index is 1060. The smallest absolute Gasteiger partial charge is 0.346 e. The summed E-state index contributed by atoms with van der Waals surface area (Å²) in [6.07, 6.45) is 0. The van der Waals surface area contributed by atoms with E-state index in [2.05, 4.69) is 0 Å². The summed E-state index contributed by atoms with van der Waals surface area (Å²) in [5.74, 6) is -0.641. The van der Waals surface area contributed by atoms with Gasteiger partial charge >= 0.3 is 5.97 Å². The van der Waals surface area contributed by atoms with Crippen molar-refractivity contribution in [1.82, 2.24) is 9.21 Å². The minimum atomic E-state index is -3.68. The van der Waals surface area contributed by atoms with Crippen molar-refractivity contribution in [3.05, 3.63) is 53.1 Å². The normalized spacial score (nSPS) is 14.7. The van der Waals surface area contributed by atoms with Crippen molar-refractivity contribution >= 4 is 33.5 Å². The van der Waals surface area contributed by atoms with Crippen molar-refractivity contribution in [3.8, 4) is 11.5 Å². The summed E-state index contributed by atoms with van der Waals surface area (Å²) < 4.78 is 42.3. The van der Waals surface area contributed by atoms with Gasteiger partial charge in [-0.25, -0.2) is 13.2 Å². The van der Waals surface area contributed by atoms with Gasteiger partial charge in [0.1, 0.15) is 17.1 Å². The van der Waals surface area contributed by atoms with E-state index in [4.69, 9.17) is 25.8 Å². The van der Waals surface area contributed by atoms with Gasteiger partial charge in [-0.15, -0.1) is 0 Å². The highest BCUT2D eigenvalue weighted by Gasteiger charge is 2.30. The van der Waals surface area contributed by atoms with E-state index in [-0.39, 0.29) is 48.1 Å². The van der Waals surface area contributed by atoms with Crippen molar-refractivity contribution in [1.29, 1.82) is 0 Å². The van der Waals surface area contributed by atoms with E-state index in [0.717, 1.165) is 0 Å². The van der Waals surface area contributed by atoms with E-state index >= 15 is 0 Å². The van der Waals surface area contributed by atoms with Gasteiger partial charge in [0.05, 0.1) is 19.1 Å². The van der Waals surface area contributed by atoms with Crippen LogP contribution >= 0.6 is 11.6 Å². The molecule has 172 valence electrons. The molecule has 32 heavy (non-hydrogen) atoms. The fourth-order valence-corrected chi connectivity index (χ4v) is 4.82. The fraction of sp³-hybridized carbons (Fsp3) is 0.333. The molecular weight excluding hydrogens is 460 g/mol. The number of esters is 1. The minimum absolute atomic E-state index is 0.0872. The molecule has 1 amide bonds. The monoisotopic (exact) mass is 482 g/mol. The van der Waals surface area contributed by atoms with Crippen molar-refractivity contribution < 1.29 is 32.2 Å². The number of piperazine rings is 1. The second-order valence-electron chi connectivity index (χ2n) is 6.85. The Labute approximate surface area is 191 Å². The maximum Gasteiger partial charge on any atom is 0.346 e.